The third-order valence-corrected chi connectivity index (χ3v) is 6.67. The minimum Gasteiger partial charge on any atom is -0.378 e. The number of fused-ring (bicyclic) bond motifs is 1. The molecular weight excluding hydrogens is 414 g/mol. The van der Waals surface area contributed by atoms with Crippen molar-refractivity contribution in [2.24, 2.45) is 4.99 Å². The zero-order valence-corrected chi connectivity index (χ0v) is 17.4. The summed E-state index contributed by atoms with van der Waals surface area (Å²) in [6.45, 7) is 2.59. The van der Waals surface area contributed by atoms with Crippen LogP contribution in [-0.2, 0) is 9.53 Å². The van der Waals surface area contributed by atoms with Crippen LogP contribution in [0.25, 0.3) is 10.2 Å². The van der Waals surface area contributed by atoms with E-state index in [1.807, 2.05) is 53.6 Å². The van der Waals surface area contributed by atoms with E-state index >= 15 is 0 Å². The Hall–Kier alpha value is -1.93. The number of ether oxygens (including phenoxy) is 1. The quantitative estimate of drug-likeness (QED) is 0.435. The molecule has 5 nitrogen and oxygen atoms in total. The van der Waals surface area contributed by atoms with Gasteiger partial charge in [-0.25, -0.2) is 4.98 Å². The number of hydrogen-bond donors (Lipinski definition) is 0. The van der Waals surface area contributed by atoms with Crippen LogP contribution in [0, 0.1) is 0 Å². The van der Waals surface area contributed by atoms with E-state index in [1.165, 1.54) is 11.8 Å². The molecule has 4 rings (SSSR count). The summed E-state index contributed by atoms with van der Waals surface area (Å²) in [4.78, 5) is 23.3. The van der Waals surface area contributed by atoms with E-state index in [9.17, 15) is 4.79 Å². The van der Waals surface area contributed by atoms with E-state index in [0.29, 0.717) is 37.1 Å². The van der Waals surface area contributed by atoms with Crippen molar-refractivity contribution in [2.45, 2.75) is 4.34 Å². The molecule has 1 aliphatic heterocycles. The predicted octanol–water partition coefficient (Wildman–Crippen LogP) is 4.65. The molecule has 1 amide bonds. The molecule has 0 spiro atoms. The van der Waals surface area contributed by atoms with Gasteiger partial charge in [-0.05, 0) is 35.9 Å². The molecule has 28 heavy (non-hydrogen) atoms. The summed E-state index contributed by atoms with van der Waals surface area (Å²) in [5.74, 6) is 0.544. The number of morpholine rings is 1. The topological polar surface area (TPSA) is 54.8 Å². The van der Waals surface area contributed by atoms with Crippen LogP contribution in [0.1, 0.15) is 5.56 Å². The second kappa shape index (κ2) is 9.05. The van der Waals surface area contributed by atoms with Crippen LogP contribution in [0.2, 0.25) is 5.02 Å². The molecule has 3 aromatic rings. The van der Waals surface area contributed by atoms with Crippen molar-refractivity contribution in [3.63, 3.8) is 0 Å². The van der Waals surface area contributed by atoms with E-state index in [4.69, 9.17) is 16.3 Å². The number of carbonyl (C=O) groups is 1. The molecule has 2 heterocycles. The molecule has 0 N–H and O–H groups in total. The van der Waals surface area contributed by atoms with Gasteiger partial charge in [-0.15, -0.1) is 11.3 Å². The van der Waals surface area contributed by atoms with E-state index in [-0.39, 0.29) is 5.91 Å². The summed E-state index contributed by atoms with van der Waals surface area (Å²) in [5.41, 5.74) is 2.79. The lowest BCUT2D eigenvalue weighted by Gasteiger charge is -2.26. The van der Waals surface area contributed by atoms with Crippen molar-refractivity contribution in [3.05, 3.63) is 53.1 Å². The number of aliphatic imine (C=N–C) groups is 1. The van der Waals surface area contributed by atoms with Gasteiger partial charge < -0.3 is 9.64 Å². The average molecular weight is 432 g/mol. The molecule has 2 aromatic carbocycles. The van der Waals surface area contributed by atoms with Gasteiger partial charge in [0.2, 0.25) is 5.91 Å². The Morgan fingerprint density at radius 3 is 2.82 bits per heavy atom. The maximum atomic E-state index is 12.3. The van der Waals surface area contributed by atoms with Gasteiger partial charge in [0, 0.05) is 24.3 Å². The lowest BCUT2D eigenvalue weighted by molar-refractivity contribution is -0.132. The summed E-state index contributed by atoms with van der Waals surface area (Å²) < 4.78 is 7.25. The zero-order valence-electron chi connectivity index (χ0n) is 15.0. The van der Waals surface area contributed by atoms with E-state index < -0.39 is 0 Å². The van der Waals surface area contributed by atoms with Crippen molar-refractivity contribution in [3.8, 4) is 0 Å². The fourth-order valence-corrected chi connectivity index (χ4v) is 4.89. The summed E-state index contributed by atoms with van der Waals surface area (Å²) in [6.07, 6.45) is 1.81. The Bertz CT molecular complexity index is 998. The summed E-state index contributed by atoms with van der Waals surface area (Å²) in [7, 11) is 0. The van der Waals surface area contributed by atoms with Gasteiger partial charge in [-0.2, -0.15) is 0 Å². The first-order valence-electron chi connectivity index (χ1n) is 8.86. The maximum Gasteiger partial charge on any atom is 0.233 e. The first kappa shape index (κ1) is 19.4. The molecule has 1 saturated heterocycles. The van der Waals surface area contributed by atoms with Crippen molar-refractivity contribution < 1.29 is 9.53 Å². The molecule has 8 heteroatoms. The van der Waals surface area contributed by atoms with Gasteiger partial charge in [-0.1, -0.05) is 35.5 Å². The van der Waals surface area contributed by atoms with E-state index in [0.717, 1.165) is 25.8 Å². The highest BCUT2D eigenvalue weighted by atomic mass is 35.5. The molecular formula is C20H18ClN3O2S2. The van der Waals surface area contributed by atoms with Crippen LogP contribution in [0.3, 0.4) is 0 Å². The summed E-state index contributed by atoms with van der Waals surface area (Å²) in [5, 5.41) is 0.709. The average Bonchev–Trinajstić information content (AvgIpc) is 3.14. The Morgan fingerprint density at radius 2 is 2.04 bits per heavy atom. The highest BCUT2D eigenvalue weighted by Crippen LogP contribution is 2.32. The molecule has 1 aliphatic rings. The first-order chi connectivity index (χ1) is 13.7. The smallest absolute Gasteiger partial charge is 0.233 e. The summed E-state index contributed by atoms with van der Waals surface area (Å²) in [6, 6.07) is 13.5. The fraction of sp³-hybridized carbons (Fsp3) is 0.250. The highest BCUT2D eigenvalue weighted by molar-refractivity contribution is 8.01. The molecule has 144 valence electrons. The third kappa shape index (κ3) is 4.91. The molecule has 1 aromatic heterocycles. The van der Waals surface area contributed by atoms with E-state index in [1.54, 1.807) is 11.3 Å². The number of thiazole rings is 1. The van der Waals surface area contributed by atoms with Crippen LogP contribution >= 0.6 is 34.7 Å². The lowest BCUT2D eigenvalue weighted by atomic mass is 10.2. The second-order valence-electron chi connectivity index (χ2n) is 6.22. The van der Waals surface area contributed by atoms with Gasteiger partial charge in [0.1, 0.15) is 0 Å². The second-order valence-corrected chi connectivity index (χ2v) is 8.91. The number of halogens is 1. The number of nitrogens with zero attached hydrogens (tertiary/aromatic N) is 3. The zero-order chi connectivity index (χ0) is 19.3. The van der Waals surface area contributed by atoms with Crippen molar-refractivity contribution in [2.75, 3.05) is 32.1 Å². The number of thioether (sulfide) groups is 1. The Balaban J connectivity index is 1.41. The van der Waals surface area contributed by atoms with Crippen molar-refractivity contribution in [1.82, 2.24) is 9.88 Å². The monoisotopic (exact) mass is 431 g/mol. The lowest BCUT2D eigenvalue weighted by Crippen LogP contribution is -2.41. The predicted molar refractivity (Wildman–Crippen MR) is 116 cm³/mol. The standard InChI is InChI=1S/C20H18ClN3O2S2/c21-15-3-1-14(2-4-15)12-22-16-5-6-17-18(11-16)28-20(23-17)27-13-19(25)24-7-9-26-10-8-24/h1-6,11-12H,7-10,13H2/b22-12+. The fourth-order valence-electron chi connectivity index (χ4n) is 2.76. The molecule has 0 aliphatic carbocycles. The van der Waals surface area contributed by atoms with Crippen molar-refractivity contribution >= 4 is 62.7 Å². The number of amides is 1. The van der Waals surface area contributed by atoms with Gasteiger partial charge in [0.15, 0.2) is 4.34 Å². The molecule has 0 saturated carbocycles. The van der Waals surface area contributed by atoms with Crippen LogP contribution in [-0.4, -0.2) is 54.1 Å². The van der Waals surface area contributed by atoms with Gasteiger partial charge in [0.25, 0.3) is 0 Å². The van der Waals surface area contributed by atoms with Gasteiger partial charge >= 0.3 is 0 Å². The molecule has 1 fully saturated rings. The summed E-state index contributed by atoms with van der Waals surface area (Å²) >= 11 is 8.98. The number of hydrogen-bond acceptors (Lipinski definition) is 6. The van der Waals surface area contributed by atoms with E-state index in [2.05, 4.69) is 9.98 Å². The Morgan fingerprint density at radius 1 is 1.25 bits per heavy atom. The highest BCUT2D eigenvalue weighted by Gasteiger charge is 2.17. The van der Waals surface area contributed by atoms with Gasteiger partial charge in [-0.3, -0.25) is 9.79 Å². The normalized spacial score (nSPS) is 14.8. The number of rotatable bonds is 5. The largest absolute Gasteiger partial charge is 0.378 e. The van der Waals surface area contributed by atoms with Crippen LogP contribution in [0.4, 0.5) is 5.69 Å². The number of benzene rings is 2. The molecule has 0 bridgehead atoms. The number of aromatic nitrogens is 1. The molecule has 0 radical (unpaired) electrons. The van der Waals surface area contributed by atoms with Crippen LogP contribution in [0.5, 0.6) is 0 Å². The minimum absolute atomic E-state index is 0.140. The first-order valence-corrected chi connectivity index (χ1v) is 11.0. The van der Waals surface area contributed by atoms with Crippen LogP contribution in [0.15, 0.2) is 51.8 Å². The van der Waals surface area contributed by atoms with Crippen molar-refractivity contribution in [1.29, 1.82) is 0 Å². The molecule has 0 atom stereocenters. The van der Waals surface area contributed by atoms with Crippen LogP contribution < -0.4 is 0 Å². The SMILES string of the molecule is O=C(CSc1nc2ccc(/N=C/c3ccc(Cl)cc3)cc2s1)N1CCOCC1. The third-order valence-electron chi connectivity index (χ3n) is 4.27. The molecule has 0 unspecified atom stereocenters. The Kier molecular flexibility index (Phi) is 6.26. The maximum absolute atomic E-state index is 12.3. The van der Waals surface area contributed by atoms with Gasteiger partial charge in [0.05, 0.1) is 34.9 Å². The Labute approximate surface area is 176 Å². The minimum atomic E-state index is 0.140. The number of carbonyl (C=O) groups excluding carboxylic acids is 1.